The third-order valence-corrected chi connectivity index (χ3v) is 5.25. The lowest BCUT2D eigenvalue weighted by atomic mass is 9.93. The maximum absolute atomic E-state index is 12.4. The van der Waals surface area contributed by atoms with Crippen molar-refractivity contribution in [2.75, 3.05) is 26.2 Å². The minimum absolute atomic E-state index is 0.200. The number of piperidine rings is 1. The van der Waals surface area contributed by atoms with Crippen molar-refractivity contribution < 1.29 is 14.7 Å². The highest BCUT2D eigenvalue weighted by Crippen LogP contribution is 2.24. The highest BCUT2D eigenvalue weighted by molar-refractivity contribution is 5.82. The molecule has 0 unspecified atom stereocenters. The number of likely N-dealkylation sites (tertiary alicyclic amines) is 2. The number of carbonyl (C=O) groups is 2. The largest absolute Gasteiger partial charge is 0.378 e. The third kappa shape index (κ3) is 3.96. The lowest BCUT2D eigenvalue weighted by Crippen LogP contribution is -2.41. The number of nitrogens with zero attached hydrogens (tertiary/aromatic N) is 2. The van der Waals surface area contributed by atoms with Crippen molar-refractivity contribution in [3.63, 3.8) is 0 Å². The average Bonchev–Trinajstić information content (AvgIpc) is 3.05. The predicted octanol–water partition coefficient (Wildman–Crippen LogP) is 1.97. The Bertz CT molecular complexity index is 567. The lowest BCUT2D eigenvalue weighted by molar-refractivity contribution is -0.142. The standard InChI is InChI=1S/C19H26N2O3/c22-17-7-4-11-20(17)12-8-15-9-13-21(14-10-15)19(24)18(23)16-5-2-1-3-6-16/h1-3,5-6,15,18,23H,4,7-14H2/t18-/m0/s1. The fourth-order valence-electron chi connectivity index (χ4n) is 3.67. The molecule has 3 rings (SSSR count). The molecule has 24 heavy (non-hydrogen) atoms. The summed E-state index contributed by atoms with van der Waals surface area (Å²) in [4.78, 5) is 27.8. The van der Waals surface area contributed by atoms with E-state index in [-0.39, 0.29) is 11.8 Å². The lowest BCUT2D eigenvalue weighted by Gasteiger charge is -2.34. The second-order valence-corrected chi connectivity index (χ2v) is 6.85. The highest BCUT2D eigenvalue weighted by atomic mass is 16.3. The van der Waals surface area contributed by atoms with Crippen molar-refractivity contribution in [2.24, 2.45) is 5.92 Å². The van der Waals surface area contributed by atoms with Crippen LogP contribution in [0.5, 0.6) is 0 Å². The number of benzene rings is 1. The summed E-state index contributed by atoms with van der Waals surface area (Å²) in [5.74, 6) is 0.652. The van der Waals surface area contributed by atoms with E-state index in [1.165, 1.54) is 0 Å². The quantitative estimate of drug-likeness (QED) is 0.898. The zero-order valence-corrected chi connectivity index (χ0v) is 14.1. The molecule has 0 bridgehead atoms. The summed E-state index contributed by atoms with van der Waals surface area (Å²) in [7, 11) is 0. The van der Waals surface area contributed by atoms with Gasteiger partial charge in [0.2, 0.25) is 5.91 Å². The van der Waals surface area contributed by atoms with Gasteiger partial charge in [0, 0.05) is 32.6 Å². The molecule has 0 spiro atoms. The minimum atomic E-state index is -1.06. The van der Waals surface area contributed by atoms with Crippen LogP contribution >= 0.6 is 0 Å². The van der Waals surface area contributed by atoms with Crippen molar-refractivity contribution in [1.29, 1.82) is 0 Å². The Hall–Kier alpha value is -1.88. The molecular formula is C19H26N2O3. The smallest absolute Gasteiger partial charge is 0.256 e. The van der Waals surface area contributed by atoms with Crippen LogP contribution < -0.4 is 0 Å². The molecule has 5 heteroatoms. The number of hydrogen-bond donors (Lipinski definition) is 1. The van der Waals surface area contributed by atoms with Crippen LogP contribution in [0.4, 0.5) is 0 Å². The summed E-state index contributed by atoms with van der Waals surface area (Å²) >= 11 is 0. The van der Waals surface area contributed by atoms with Crippen molar-refractivity contribution >= 4 is 11.8 Å². The summed E-state index contributed by atoms with van der Waals surface area (Å²) in [6, 6.07) is 9.09. The normalized spacial score (nSPS) is 20.5. The van der Waals surface area contributed by atoms with Gasteiger partial charge in [0.15, 0.2) is 6.10 Å². The highest BCUT2D eigenvalue weighted by Gasteiger charge is 2.28. The Morgan fingerprint density at radius 1 is 1.17 bits per heavy atom. The van der Waals surface area contributed by atoms with E-state index in [2.05, 4.69) is 0 Å². The summed E-state index contributed by atoms with van der Waals surface area (Å²) in [5.41, 5.74) is 0.650. The molecule has 0 radical (unpaired) electrons. The topological polar surface area (TPSA) is 60.9 Å². The third-order valence-electron chi connectivity index (χ3n) is 5.25. The van der Waals surface area contributed by atoms with Gasteiger partial charge >= 0.3 is 0 Å². The minimum Gasteiger partial charge on any atom is -0.378 e. The van der Waals surface area contributed by atoms with E-state index in [4.69, 9.17) is 0 Å². The molecule has 130 valence electrons. The van der Waals surface area contributed by atoms with Gasteiger partial charge in [0.1, 0.15) is 0 Å². The maximum Gasteiger partial charge on any atom is 0.256 e. The molecule has 5 nitrogen and oxygen atoms in total. The van der Waals surface area contributed by atoms with Crippen LogP contribution in [0.1, 0.15) is 43.8 Å². The fourth-order valence-corrected chi connectivity index (χ4v) is 3.67. The number of aliphatic hydroxyl groups is 1. The molecule has 2 aliphatic rings. The molecule has 2 aliphatic heterocycles. The van der Waals surface area contributed by atoms with Crippen LogP contribution in [0.25, 0.3) is 0 Å². The number of rotatable bonds is 5. The van der Waals surface area contributed by atoms with Gasteiger partial charge in [-0.1, -0.05) is 30.3 Å². The fraction of sp³-hybridized carbons (Fsp3) is 0.579. The molecule has 2 saturated heterocycles. The maximum atomic E-state index is 12.4. The number of hydrogen-bond acceptors (Lipinski definition) is 3. The molecule has 0 aromatic heterocycles. The van der Waals surface area contributed by atoms with Gasteiger partial charge in [0.05, 0.1) is 0 Å². The first-order valence-electron chi connectivity index (χ1n) is 8.94. The number of aliphatic hydroxyl groups excluding tert-OH is 1. The Labute approximate surface area is 143 Å². The van der Waals surface area contributed by atoms with Gasteiger partial charge in [-0.2, -0.15) is 0 Å². The Morgan fingerprint density at radius 3 is 2.50 bits per heavy atom. The molecular weight excluding hydrogens is 304 g/mol. The first kappa shape index (κ1) is 17.0. The van der Waals surface area contributed by atoms with Gasteiger partial charge < -0.3 is 14.9 Å². The summed E-state index contributed by atoms with van der Waals surface area (Å²) in [6.45, 7) is 3.15. The van der Waals surface area contributed by atoms with Crippen LogP contribution in [0, 0.1) is 5.92 Å². The molecule has 1 atom stereocenters. The van der Waals surface area contributed by atoms with E-state index in [0.717, 1.165) is 38.8 Å². The van der Waals surface area contributed by atoms with Crippen LogP contribution in [-0.2, 0) is 9.59 Å². The van der Waals surface area contributed by atoms with E-state index in [9.17, 15) is 14.7 Å². The first-order chi connectivity index (χ1) is 11.6. The van der Waals surface area contributed by atoms with Crippen molar-refractivity contribution in [3.05, 3.63) is 35.9 Å². The second-order valence-electron chi connectivity index (χ2n) is 6.85. The molecule has 0 saturated carbocycles. The number of amides is 2. The van der Waals surface area contributed by atoms with Crippen LogP contribution in [0.15, 0.2) is 30.3 Å². The van der Waals surface area contributed by atoms with Crippen molar-refractivity contribution in [2.45, 2.75) is 38.2 Å². The van der Waals surface area contributed by atoms with Crippen molar-refractivity contribution in [3.8, 4) is 0 Å². The zero-order chi connectivity index (χ0) is 16.9. The monoisotopic (exact) mass is 330 g/mol. The van der Waals surface area contributed by atoms with E-state index >= 15 is 0 Å². The molecule has 1 aromatic rings. The SMILES string of the molecule is O=C1CCCN1CCC1CCN(C(=O)[C@@H](O)c2ccccc2)CC1. The van der Waals surface area contributed by atoms with Crippen LogP contribution in [0.2, 0.25) is 0 Å². The summed E-state index contributed by atoms with van der Waals surface area (Å²) < 4.78 is 0. The van der Waals surface area contributed by atoms with E-state index < -0.39 is 6.10 Å². The van der Waals surface area contributed by atoms with Gasteiger partial charge in [0.25, 0.3) is 5.91 Å². The molecule has 2 heterocycles. The van der Waals surface area contributed by atoms with Crippen molar-refractivity contribution in [1.82, 2.24) is 9.80 Å². The Kier molecular flexibility index (Phi) is 5.51. The summed E-state index contributed by atoms with van der Waals surface area (Å²) in [5, 5.41) is 10.2. The van der Waals surface area contributed by atoms with E-state index in [1.54, 1.807) is 17.0 Å². The van der Waals surface area contributed by atoms with E-state index in [0.29, 0.717) is 31.0 Å². The first-order valence-corrected chi connectivity index (χ1v) is 8.94. The molecule has 2 amide bonds. The van der Waals surface area contributed by atoms with E-state index in [1.807, 2.05) is 23.1 Å². The van der Waals surface area contributed by atoms with Gasteiger partial charge in [-0.15, -0.1) is 0 Å². The molecule has 1 N–H and O–H groups in total. The Morgan fingerprint density at radius 2 is 1.88 bits per heavy atom. The molecule has 2 fully saturated rings. The zero-order valence-electron chi connectivity index (χ0n) is 14.1. The summed E-state index contributed by atoms with van der Waals surface area (Å²) in [6.07, 6.45) is 3.55. The molecule has 0 aliphatic carbocycles. The van der Waals surface area contributed by atoms with Gasteiger partial charge in [-0.05, 0) is 37.2 Å². The molecule has 1 aromatic carbocycles. The average molecular weight is 330 g/mol. The van der Waals surface area contributed by atoms with Crippen LogP contribution in [0.3, 0.4) is 0 Å². The predicted molar refractivity (Wildman–Crippen MR) is 91.1 cm³/mol. The van der Waals surface area contributed by atoms with Gasteiger partial charge in [-0.3, -0.25) is 9.59 Å². The van der Waals surface area contributed by atoms with Gasteiger partial charge in [-0.25, -0.2) is 0 Å². The Balaban J connectivity index is 1.44. The number of carbonyl (C=O) groups excluding carboxylic acids is 2. The van der Waals surface area contributed by atoms with Crippen LogP contribution in [-0.4, -0.2) is 52.9 Å². The second kappa shape index (κ2) is 7.79.